The second-order valence-electron chi connectivity index (χ2n) is 4.47. The largest absolute Gasteiger partial charge is 0.328 e. The summed E-state index contributed by atoms with van der Waals surface area (Å²) in [5.41, 5.74) is 5.67. The molecule has 0 aliphatic heterocycles. The van der Waals surface area contributed by atoms with Crippen molar-refractivity contribution in [3.05, 3.63) is 0 Å². The van der Waals surface area contributed by atoms with E-state index in [2.05, 4.69) is 12.2 Å². The van der Waals surface area contributed by atoms with Crippen LogP contribution < -0.4 is 11.1 Å². The van der Waals surface area contributed by atoms with E-state index in [1.54, 1.807) is 0 Å². The van der Waals surface area contributed by atoms with E-state index >= 15 is 0 Å². The maximum absolute atomic E-state index is 5.67. The third kappa shape index (κ3) is 5.27. The number of nitrogens with one attached hydrogen (secondary N) is 1. The number of hydrogen-bond donors (Lipinski definition) is 2. The van der Waals surface area contributed by atoms with Gasteiger partial charge in [0.25, 0.3) is 0 Å². The van der Waals surface area contributed by atoms with Gasteiger partial charge in [0.1, 0.15) is 0 Å². The molecule has 3 N–H and O–H groups in total. The highest BCUT2D eigenvalue weighted by Crippen LogP contribution is 2.23. The molecular weight excluding hydrogens is 160 g/mol. The Kier molecular flexibility index (Phi) is 5.40. The van der Waals surface area contributed by atoms with E-state index in [0.29, 0.717) is 6.04 Å². The average molecular weight is 184 g/mol. The van der Waals surface area contributed by atoms with E-state index < -0.39 is 0 Å². The molecule has 2 nitrogen and oxygen atoms in total. The molecule has 0 spiro atoms. The maximum Gasteiger partial charge on any atom is 0.00109 e. The zero-order chi connectivity index (χ0) is 9.52. The number of hydrogen-bond acceptors (Lipinski definition) is 2. The molecule has 0 amide bonds. The maximum atomic E-state index is 5.67. The lowest BCUT2D eigenvalue weighted by molar-refractivity contribution is 0.476. The molecular formula is C11H24N2. The van der Waals surface area contributed by atoms with Crippen molar-refractivity contribution in [2.45, 2.75) is 51.5 Å². The number of nitrogens with two attached hydrogens (primary N) is 1. The van der Waals surface area contributed by atoms with Gasteiger partial charge in [-0.25, -0.2) is 0 Å². The molecule has 1 fully saturated rings. The van der Waals surface area contributed by atoms with Crippen LogP contribution in [-0.4, -0.2) is 19.1 Å². The second kappa shape index (κ2) is 6.39. The summed E-state index contributed by atoms with van der Waals surface area (Å²) in [5.74, 6) is 0.968. The minimum atomic E-state index is 0.369. The first-order valence-corrected chi connectivity index (χ1v) is 5.75. The number of rotatable bonds is 6. The van der Waals surface area contributed by atoms with E-state index in [1.165, 1.54) is 38.6 Å². The lowest BCUT2D eigenvalue weighted by Gasteiger charge is -2.10. The van der Waals surface area contributed by atoms with E-state index in [-0.39, 0.29) is 0 Å². The van der Waals surface area contributed by atoms with Crippen LogP contribution in [0.25, 0.3) is 0 Å². The van der Waals surface area contributed by atoms with Crippen molar-refractivity contribution in [2.75, 3.05) is 13.1 Å². The minimum absolute atomic E-state index is 0.369. The van der Waals surface area contributed by atoms with Gasteiger partial charge in [-0.3, -0.25) is 0 Å². The van der Waals surface area contributed by atoms with Gasteiger partial charge in [-0.05, 0) is 51.6 Å². The van der Waals surface area contributed by atoms with Gasteiger partial charge in [0.15, 0.2) is 0 Å². The molecule has 1 saturated carbocycles. The van der Waals surface area contributed by atoms with Crippen molar-refractivity contribution >= 4 is 0 Å². The lowest BCUT2D eigenvalue weighted by Crippen LogP contribution is -2.24. The summed E-state index contributed by atoms with van der Waals surface area (Å²) >= 11 is 0. The van der Waals surface area contributed by atoms with Crippen LogP contribution in [0, 0.1) is 5.92 Å². The molecule has 0 aromatic heterocycles. The monoisotopic (exact) mass is 184 g/mol. The highest BCUT2D eigenvalue weighted by molar-refractivity contribution is 4.69. The normalized spacial score (nSPS) is 20.8. The Hall–Kier alpha value is -0.0800. The van der Waals surface area contributed by atoms with E-state index in [4.69, 9.17) is 5.73 Å². The first kappa shape index (κ1) is 11.0. The summed E-state index contributed by atoms with van der Waals surface area (Å²) < 4.78 is 0. The van der Waals surface area contributed by atoms with Gasteiger partial charge in [-0.15, -0.1) is 0 Å². The SMILES string of the molecule is CC(N)CCCNCC1CCCC1. The molecule has 1 aliphatic rings. The molecule has 1 atom stereocenters. The Morgan fingerprint density at radius 3 is 2.69 bits per heavy atom. The van der Waals surface area contributed by atoms with Crippen molar-refractivity contribution < 1.29 is 0 Å². The fraction of sp³-hybridized carbons (Fsp3) is 1.00. The van der Waals surface area contributed by atoms with E-state index in [9.17, 15) is 0 Å². The van der Waals surface area contributed by atoms with Crippen LogP contribution in [0.5, 0.6) is 0 Å². The van der Waals surface area contributed by atoms with Gasteiger partial charge in [0.05, 0.1) is 0 Å². The first-order valence-electron chi connectivity index (χ1n) is 5.75. The van der Waals surface area contributed by atoms with Crippen LogP contribution in [-0.2, 0) is 0 Å². The van der Waals surface area contributed by atoms with Gasteiger partial charge in [0, 0.05) is 6.04 Å². The van der Waals surface area contributed by atoms with Crippen molar-refractivity contribution in [1.82, 2.24) is 5.32 Å². The molecule has 0 bridgehead atoms. The summed E-state index contributed by atoms with van der Waals surface area (Å²) in [7, 11) is 0. The highest BCUT2D eigenvalue weighted by atomic mass is 14.9. The Bertz CT molecular complexity index is 117. The molecule has 1 rings (SSSR count). The van der Waals surface area contributed by atoms with Gasteiger partial charge >= 0.3 is 0 Å². The summed E-state index contributed by atoms with van der Waals surface area (Å²) in [6.45, 7) is 4.47. The molecule has 0 aromatic rings. The molecule has 0 saturated heterocycles. The molecule has 1 unspecified atom stereocenters. The molecule has 0 aromatic carbocycles. The fourth-order valence-electron chi connectivity index (χ4n) is 2.07. The first-order chi connectivity index (χ1) is 6.29. The summed E-state index contributed by atoms with van der Waals surface area (Å²) in [5, 5.41) is 3.53. The van der Waals surface area contributed by atoms with Crippen LogP contribution >= 0.6 is 0 Å². The van der Waals surface area contributed by atoms with Gasteiger partial charge < -0.3 is 11.1 Å². The third-order valence-electron chi connectivity index (χ3n) is 2.92. The quantitative estimate of drug-likeness (QED) is 0.619. The Balaban J connectivity index is 1.83. The average Bonchev–Trinajstić information content (AvgIpc) is 2.55. The molecule has 1 aliphatic carbocycles. The second-order valence-corrected chi connectivity index (χ2v) is 4.47. The Morgan fingerprint density at radius 1 is 1.38 bits per heavy atom. The van der Waals surface area contributed by atoms with Gasteiger partial charge in [-0.1, -0.05) is 12.8 Å². The zero-order valence-electron chi connectivity index (χ0n) is 8.89. The molecule has 0 heterocycles. The summed E-state index contributed by atoms with van der Waals surface area (Å²) in [6, 6.07) is 0.369. The Morgan fingerprint density at radius 2 is 2.08 bits per heavy atom. The van der Waals surface area contributed by atoms with Gasteiger partial charge in [-0.2, -0.15) is 0 Å². The smallest absolute Gasteiger partial charge is 0.00109 e. The highest BCUT2D eigenvalue weighted by Gasteiger charge is 2.13. The van der Waals surface area contributed by atoms with Crippen molar-refractivity contribution in [2.24, 2.45) is 11.7 Å². The van der Waals surface area contributed by atoms with Gasteiger partial charge in [0.2, 0.25) is 0 Å². The topological polar surface area (TPSA) is 38.0 Å². The van der Waals surface area contributed by atoms with Crippen LogP contribution in [0.4, 0.5) is 0 Å². The van der Waals surface area contributed by atoms with Crippen molar-refractivity contribution in [3.63, 3.8) is 0 Å². The molecule has 2 heteroatoms. The summed E-state index contributed by atoms with van der Waals surface area (Å²) in [6.07, 6.45) is 8.17. The predicted molar refractivity (Wildman–Crippen MR) is 57.7 cm³/mol. The minimum Gasteiger partial charge on any atom is -0.328 e. The predicted octanol–water partition coefficient (Wildman–Crippen LogP) is 1.89. The zero-order valence-corrected chi connectivity index (χ0v) is 8.89. The fourth-order valence-corrected chi connectivity index (χ4v) is 2.07. The lowest BCUT2D eigenvalue weighted by atomic mass is 10.1. The van der Waals surface area contributed by atoms with Crippen molar-refractivity contribution in [3.8, 4) is 0 Å². The van der Waals surface area contributed by atoms with Crippen LogP contribution in [0.2, 0.25) is 0 Å². The third-order valence-corrected chi connectivity index (χ3v) is 2.92. The van der Waals surface area contributed by atoms with Crippen LogP contribution in [0.3, 0.4) is 0 Å². The van der Waals surface area contributed by atoms with E-state index in [0.717, 1.165) is 18.9 Å². The summed E-state index contributed by atoms with van der Waals surface area (Å²) in [4.78, 5) is 0. The van der Waals surface area contributed by atoms with Crippen LogP contribution in [0.1, 0.15) is 45.4 Å². The standard InChI is InChI=1S/C11H24N2/c1-10(12)5-4-8-13-9-11-6-2-3-7-11/h10-11,13H,2-9,12H2,1H3. The van der Waals surface area contributed by atoms with E-state index in [1.807, 2.05) is 0 Å². The van der Waals surface area contributed by atoms with Crippen LogP contribution in [0.15, 0.2) is 0 Å². The molecule has 13 heavy (non-hydrogen) atoms. The van der Waals surface area contributed by atoms with Crippen molar-refractivity contribution in [1.29, 1.82) is 0 Å². The Labute approximate surface area is 82.3 Å². The molecule has 0 radical (unpaired) electrons. The molecule has 78 valence electrons.